The molecule has 0 radical (unpaired) electrons. The Bertz CT molecular complexity index is 177. The maximum Gasteiger partial charge on any atom is 0.317 e. The normalized spacial score (nSPS) is 9.73. The average Bonchev–Trinajstić information content (AvgIpc) is 2.18. The van der Waals surface area contributed by atoms with Gasteiger partial charge in [-0.1, -0.05) is 31.9 Å². The number of carbonyl (C=O) groups is 2. The van der Waals surface area contributed by atoms with E-state index in [1.54, 1.807) is 0 Å². The standard InChI is InChI=1S/C9H14Br2O4/c10-3-1-5-14-8(12)7-9(13)15-6-2-4-11/h1-7H2. The van der Waals surface area contributed by atoms with Gasteiger partial charge in [0.05, 0.1) is 13.2 Å². The Hall–Kier alpha value is -0.100. The van der Waals surface area contributed by atoms with Gasteiger partial charge in [0.25, 0.3) is 0 Å². The predicted octanol–water partition coefficient (Wildman–Crippen LogP) is 2.03. The molecule has 0 aromatic heterocycles. The molecule has 0 fully saturated rings. The van der Waals surface area contributed by atoms with Crippen LogP contribution < -0.4 is 0 Å². The van der Waals surface area contributed by atoms with Gasteiger partial charge in [0.2, 0.25) is 0 Å². The fourth-order valence-electron chi connectivity index (χ4n) is 0.701. The molecule has 88 valence electrons. The van der Waals surface area contributed by atoms with Crippen LogP contribution in [-0.4, -0.2) is 35.8 Å². The maximum absolute atomic E-state index is 11.0. The molecule has 15 heavy (non-hydrogen) atoms. The summed E-state index contributed by atoms with van der Waals surface area (Å²) in [7, 11) is 0. The van der Waals surface area contributed by atoms with E-state index >= 15 is 0 Å². The lowest BCUT2D eigenvalue weighted by atomic mass is 10.4. The third-order valence-corrected chi connectivity index (χ3v) is 2.49. The van der Waals surface area contributed by atoms with Crippen molar-refractivity contribution in [3.05, 3.63) is 0 Å². The van der Waals surface area contributed by atoms with Gasteiger partial charge in [-0.15, -0.1) is 0 Å². The second-order valence-electron chi connectivity index (χ2n) is 2.70. The van der Waals surface area contributed by atoms with Crippen LogP contribution in [0.15, 0.2) is 0 Å². The predicted molar refractivity (Wildman–Crippen MR) is 63.4 cm³/mol. The number of alkyl halides is 2. The van der Waals surface area contributed by atoms with E-state index in [-0.39, 0.29) is 6.42 Å². The first-order valence-corrected chi connectivity index (χ1v) is 6.88. The number of hydrogen-bond donors (Lipinski definition) is 0. The molecule has 0 unspecified atom stereocenters. The van der Waals surface area contributed by atoms with Gasteiger partial charge in [-0.05, 0) is 12.8 Å². The number of hydrogen-bond acceptors (Lipinski definition) is 4. The highest BCUT2D eigenvalue weighted by Gasteiger charge is 2.11. The largest absolute Gasteiger partial charge is 0.465 e. The first kappa shape index (κ1) is 14.9. The summed E-state index contributed by atoms with van der Waals surface area (Å²) in [4.78, 5) is 22.0. The van der Waals surface area contributed by atoms with Crippen LogP contribution in [0.3, 0.4) is 0 Å². The van der Waals surface area contributed by atoms with Crippen molar-refractivity contribution < 1.29 is 19.1 Å². The second-order valence-corrected chi connectivity index (χ2v) is 4.29. The molecule has 6 heteroatoms. The first-order valence-electron chi connectivity index (χ1n) is 4.64. The highest BCUT2D eigenvalue weighted by Crippen LogP contribution is 1.96. The number of carbonyl (C=O) groups excluding carboxylic acids is 2. The Balaban J connectivity index is 3.45. The molecule has 0 aliphatic rings. The van der Waals surface area contributed by atoms with Crippen molar-refractivity contribution in [2.75, 3.05) is 23.9 Å². The van der Waals surface area contributed by atoms with Crippen molar-refractivity contribution in [3.63, 3.8) is 0 Å². The van der Waals surface area contributed by atoms with Crippen LogP contribution in [0.4, 0.5) is 0 Å². The van der Waals surface area contributed by atoms with Gasteiger partial charge in [0, 0.05) is 10.7 Å². The number of esters is 2. The molecule has 0 aromatic rings. The molecule has 0 amide bonds. The smallest absolute Gasteiger partial charge is 0.317 e. The van der Waals surface area contributed by atoms with Gasteiger partial charge in [-0.2, -0.15) is 0 Å². The monoisotopic (exact) mass is 344 g/mol. The van der Waals surface area contributed by atoms with E-state index in [0.717, 1.165) is 23.5 Å². The van der Waals surface area contributed by atoms with Gasteiger partial charge in [0.1, 0.15) is 6.42 Å². The molecule has 0 bridgehead atoms. The molecule has 0 rings (SSSR count). The van der Waals surface area contributed by atoms with E-state index in [4.69, 9.17) is 9.47 Å². The topological polar surface area (TPSA) is 52.6 Å². The van der Waals surface area contributed by atoms with Crippen molar-refractivity contribution in [2.24, 2.45) is 0 Å². The third kappa shape index (κ3) is 10.2. The van der Waals surface area contributed by atoms with Crippen molar-refractivity contribution in [2.45, 2.75) is 19.3 Å². The van der Waals surface area contributed by atoms with E-state index in [0.29, 0.717) is 13.2 Å². The van der Waals surface area contributed by atoms with Crippen LogP contribution in [-0.2, 0) is 19.1 Å². The van der Waals surface area contributed by atoms with E-state index in [1.165, 1.54) is 0 Å². The summed E-state index contributed by atoms with van der Waals surface area (Å²) in [6.07, 6.45) is 1.18. The fourth-order valence-corrected chi connectivity index (χ4v) is 1.16. The molecule has 0 aliphatic carbocycles. The molecular weight excluding hydrogens is 332 g/mol. The average molecular weight is 346 g/mol. The van der Waals surface area contributed by atoms with Gasteiger partial charge < -0.3 is 9.47 Å². The first-order chi connectivity index (χ1) is 7.20. The summed E-state index contributed by atoms with van der Waals surface area (Å²) in [5.74, 6) is -1.06. The zero-order valence-corrected chi connectivity index (χ0v) is 11.5. The lowest BCUT2D eigenvalue weighted by molar-refractivity contribution is -0.154. The van der Waals surface area contributed by atoms with Crippen LogP contribution in [0.1, 0.15) is 19.3 Å². The molecule has 0 spiro atoms. The quantitative estimate of drug-likeness (QED) is 0.292. The minimum Gasteiger partial charge on any atom is -0.465 e. The molecule has 0 atom stereocenters. The van der Waals surface area contributed by atoms with Crippen molar-refractivity contribution in [3.8, 4) is 0 Å². The molecule has 0 aromatic carbocycles. The lowest BCUT2D eigenvalue weighted by Gasteiger charge is -2.04. The third-order valence-electron chi connectivity index (χ3n) is 1.37. The van der Waals surface area contributed by atoms with E-state index in [2.05, 4.69) is 31.9 Å². The van der Waals surface area contributed by atoms with E-state index in [1.807, 2.05) is 0 Å². The summed E-state index contributed by atoms with van der Waals surface area (Å²) in [5.41, 5.74) is 0. The van der Waals surface area contributed by atoms with Gasteiger partial charge in [0.15, 0.2) is 0 Å². The summed E-state index contributed by atoms with van der Waals surface area (Å²) in [6.45, 7) is 0.664. The molecule has 0 saturated heterocycles. The summed E-state index contributed by atoms with van der Waals surface area (Å²) >= 11 is 6.41. The Morgan fingerprint density at radius 2 is 1.27 bits per heavy atom. The Labute approximate surface area is 106 Å². The van der Waals surface area contributed by atoms with Gasteiger partial charge in [-0.3, -0.25) is 9.59 Å². The fraction of sp³-hybridized carbons (Fsp3) is 0.778. The van der Waals surface area contributed by atoms with Crippen LogP contribution in [0.25, 0.3) is 0 Å². The van der Waals surface area contributed by atoms with Crippen molar-refractivity contribution in [1.29, 1.82) is 0 Å². The Morgan fingerprint density at radius 1 is 0.867 bits per heavy atom. The molecule has 0 heterocycles. The maximum atomic E-state index is 11.0. The molecular formula is C9H14Br2O4. The zero-order chi connectivity index (χ0) is 11.5. The van der Waals surface area contributed by atoms with Crippen LogP contribution in [0.2, 0.25) is 0 Å². The van der Waals surface area contributed by atoms with Crippen LogP contribution in [0.5, 0.6) is 0 Å². The Kier molecular flexibility index (Phi) is 10.3. The summed E-state index contributed by atoms with van der Waals surface area (Å²) in [6, 6.07) is 0. The van der Waals surface area contributed by atoms with Gasteiger partial charge >= 0.3 is 11.9 Å². The summed E-state index contributed by atoms with van der Waals surface area (Å²) < 4.78 is 9.56. The minimum atomic E-state index is -0.528. The molecule has 0 N–H and O–H groups in total. The Morgan fingerprint density at radius 3 is 1.60 bits per heavy atom. The van der Waals surface area contributed by atoms with E-state index < -0.39 is 11.9 Å². The SMILES string of the molecule is O=C(CC(=O)OCCCBr)OCCCBr. The van der Waals surface area contributed by atoms with Crippen molar-refractivity contribution in [1.82, 2.24) is 0 Å². The van der Waals surface area contributed by atoms with Gasteiger partial charge in [-0.25, -0.2) is 0 Å². The van der Waals surface area contributed by atoms with Crippen LogP contribution >= 0.6 is 31.9 Å². The van der Waals surface area contributed by atoms with Crippen LogP contribution in [0, 0.1) is 0 Å². The number of halogens is 2. The van der Waals surface area contributed by atoms with Crippen molar-refractivity contribution >= 4 is 43.8 Å². The lowest BCUT2D eigenvalue weighted by Crippen LogP contribution is -2.15. The number of rotatable bonds is 8. The minimum absolute atomic E-state index is 0.301. The van der Waals surface area contributed by atoms with E-state index in [9.17, 15) is 9.59 Å². The highest BCUT2D eigenvalue weighted by molar-refractivity contribution is 9.09. The molecule has 4 nitrogen and oxygen atoms in total. The molecule has 0 aliphatic heterocycles. The zero-order valence-electron chi connectivity index (χ0n) is 8.34. The number of ether oxygens (including phenoxy) is 2. The molecule has 0 saturated carbocycles. The highest BCUT2D eigenvalue weighted by atomic mass is 79.9. The second kappa shape index (κ2) is 10.4. The summed E-state index contributed by atoms with van der Waals surface area (Å²) in [5, 5.41) is 1.55.